The monoisotopic (exact) mass is 179 g/mol. The van der Waals surface area contributed by atoms with Gasteiger partial charge in [-0.25, -0.2) is 8.78 Å². The van der Waals surface area contributed by atoms with E-state index in [9.17, 15) is 8.78 Å². The minimum atomic E-state index is -2.43. The summed E-state index contributed by atoms with van der Waals surface area (Å²) in [5.74, 6) is -2.43. The van der Waals surface area contributed by atoms with Crippen LogP contribution in [0.5, 0.6) is 0 Å². The summed E-state index contributed by atoms with van der Waals surface area (Å²) in [6.45, 7) is 8.39. The summed E-state index contributed by atoms with van der Waals surface area (Å²) < 4.78 is 25.0. The lowest BCUT2D eigenvalue weighted by molar-refractivity contribution is 0.00921. The largest absolute Gasteiger partial charge is 0.295 e. The molecule has 0 saturated carbocycles. The van der Waals surface area contributed by atoms with Gasteiger partial charge in [0.05, 0.1) is 6.54 Å². The highest BCUT2D eigenvalue weighted by Gasteiger charge is 2.38. The molecule has 1 rings (SSSR count). The second-order valence-electron chi connectivity index (χ2n) is 3.17. The van der Waals surface area contributed by atoms with Gasteiger partial charge in [-0.3, -0.25) is 4.90 Å². The Labute approximate surface area is 73.7 Å². The summed E-state index contributed by atoms with van der Waals surface area (Å²) in [6, 6.07) is 0.258. The first kappa shape index (κ1) is 11.8. The molecule has 0 aromatic carbocycles. The molecule has 0 N–H and O–H groups in total. The highest BCUT2D eigenvalue weighted by molar-refractivity contribution is 4.83. The van der Waals surface area contributed by atoms with Gasteiger partial charge in [0.25, 0.3) is 5.92 Å². The molecule has 0 aromatic rings. The third kappa shape index (κ3) is 3.48. The van der Waals surface area contributed by atoms with Gasteiger partial charge in [0.15, 0.2) is 0 Å². The van der Waals surface area contributed by atoms with E-state index < -0.39 is 5.92 Å². The fraction of sp³-hybridized carbons (Fsp3) is 1.00. The molecule has 1 heterocycles. The van der Waals surface area contributed by atoms with Crippen molar-refractivity contribution in [2.75, 3.05) is 13.1 Å². The Kier molecular flexibility index (Phi) is 4.68. The van der Waals surface area contributed by atoms with Gasteiger partial charge in [-0.2, -0.15) is 0 Å². The fourth-order valence-electron chi connectivity index (χ4n) is 1.20. The maximum Gasteiger partial charge on any atom is 0.261 e. The lowest BCUT2D eigenvalue weighted by atomic mass is 10.3. The summed E-state index contributed by atoms with van der Waals surface area (Å²) in [5, 5.41) is 0. The summed E-state index contributed by atoms with van der Waals surface area (Å²) in [7, 11) is 0. The van der Waals surface area contributed by atoms with Crippen LogP contribution in [0.2, 0.25) is 0 Å². The Bertz CT molecular complexity index is 124. The number of hydrogen-bond acceptors (Lipinski definition) is 1. The number of hydrogen-bond donors (Lipinski definition) is 0. The van der Waals surface area contributed by atoms with Crippen molar-refractivity contribution < 1.29 is 8.78 Å². The zero-order valence-electron chi connectivity index (χ0n) is 8.40. The molecule has 1 saturated heterocycles. The number of rotatable bonds is 1. The van der Waals surface area contributed by atoms with Crippen LogP contribution in [-0.4, -0.2) is 30.0 Å². The van der Waals surface area contributed by atoms with Crippen molar-refractivity contribution in [2.45, 2.75) is 46.1 Å². The van der Waals surface area contributed by atoms with Gasteiger partial charge in [-0.1, -0.05) is 13.8 Å². The summed E-state index contributed by atoms with van der Waals surface area (Å²) in [5.41, 5.74) is 0. The van der Waals surface area contributed by atoms with Crippen molar-refractivity contribution in [1.82, 2.24) is 4.90 Å². The third-order valence-electron chi connectivity index (χ3n) is 1.93. The Morgan fingerprint density at radius 1 is 1.25 bits per heavy atom. The Hall–Kier alpha value is -0.180. The molecular weight excluding hydrogens is 160 g/mol. The minimum Gasteiger partial charge on any atom is -0.295 e. The molecule has 1 aliphatic rings. The average Bonchev–Trinajstić information content (AvgIpc) is 2.35. The normalized spacial score (nSPS) is 22.2. The molecule has 1 nitrogen and oxygen atoms in total. The lowest BCUT2D eigenvalue weighted by Gasteiger charge is -2.19. The van der Waals surface area contributed by atoms with Crippen LogP contribution in [0.1, 0.15) is 34.1 Å². The first-order valence-electron chi connectivity index (χ1n) is 4.63. The maximum atomic E-state index is 12.5. The van der Waals surface area contributed by atoms with Crippen LogP contribution in [0.25, 0.3) is 0 Å². The van der Waals surface area contributed by atoms with E-state index in [0.29, 0.717) is 6.54 Å². The smallest absolute Gasteiger partial charge is 0.261 e. The van der Waals surface area contributed by atoms with E-state index >= 15 is 0 Å². The number of alkyl halides is 2. The first-order valence-corrected chi connectivity index (χ1v) is 4.63. The molecule has 3 heteroatoms. The third-order valence-corrected chi connectivity index (χ3v) is 1.93. The molecule has 0 bridgehead atoms. The molecule has 0 amide bonds. The molecule has 0 atom stereocenters. The molecule has 0 radical (unpaired) electrons. The Balaban J connectivity index is 0.000000561. The molecule has 1 aliphatic heterocycles. The zero-order valence-corrected chi connectivity index (χ0v) is 8.40. The van der Waals surface area contributed by atoms with Crippen LogP contribution >= 0.6 is 0 Å². The van der Waals surface area contributed by atoms with Crippen LogP contribution in [0, 0.1) is 0 Å². The molecule has 1 fully saturated rings. The molecule has 0 unspecified atom stereocenters. The predicted molar refractivity (Wildman–Crippen MR) is 47.6 cm³/mol. The van der Waals surface area contributed by atoms with Gasteiger partial charge in [0.1, 0.15) is 0 Å². The Morgan fingerprint density at radius 3 is 1.92 bits per heavy atom. The van der Waals surface area contributed by atoms with Gasteiger partial charge in [-0.05, 0) is 13.8 Å². The van der Waals surface area contributed by atoms with Gasteiger partial charge in [-0.15, -0.1) is 0 Å². The van der Waals surface area contributed by atoms with Crippen molar-refractivity contribution in [2.24, 2.45) is 0 Å². The standard InChI is InChI=1S/C7H13F2N.C2H6/c1-6(2)10-4-3-7(8,9)5-10;1-2/h6H,3-5H2,1-2H3;1-2H3. The molecule has 0 spiro atoms. The minimum absolute atomic E-state index is 0.0329. The molecule has 12 heavy (non-hydrogen) atoms. The van der Waals surface area contributed by atoms with Gasteiger partial charge in [0.2, 0.25) is 0 Å². The molecular formula is C9H19F2N. The van der Waals surface area contributed by atoms with Gasteiger partial charge in [0, 0.05) is 19.0 Å². The second-order valence-corrected chi connectivity index (χ2v) is 3.17. The van der Waals surface area contributed by atoms with Crippen LogP contribution < -0.4 is 0 Å². The van der Waals surface area contributed by atoms with Crippen LogP contribution in [0.3, 0.4) is 0 Å². The van der Waals surface area contributed by atoms with E-state index in [1.165, 1.54) is 0 Å². The summed E-state index contributed by atoms with van der Waals surface area (Å²) in [4.78, 5) is 1.81. The highest BCUT2D eigenvalue weighted by Crippen LogP contribution is 2.27. The average molecular weight is 179 g/mol. The summed E-state index contributed by atoms with van der Waals surface area (Å²) >= 11 is 0. The van der Waals surface area contributed by atoms with E-state index in [1.807, 2.05) is 27.7 Å². The van der Waals surface area contributed by atoms with E-state index in [4.69, 9.17) is 0 Å². The van der Waals surface area contributed by atoms with Crippen molar-refractivity contribution >= 4 is 0 Å². The van der Waals surface area contributed by atoms with Crippen LogP contribution in [-0.2, 0) is 0 Å². The zero-order chi connectivity index (χ0) is 9.78. The SMILES string of the molecule is CC.CC(C)N1CCC(F)(F)C1. The van der Waals surface area contributed by atoms with E-state index in [0.717, 1.165) is 0 Å². The maximum absolute atomic E-state index is 12.5. The van der Waals surface area contributed by atoms with Gasteiger partial charge < -0.3 is 0 Å². The van der Waals surface area contributed by atoms with E-state index in [-0.39, 0.29) is 19.0 Å². The number of halogens is 2. The first-order chi connectivity index (χ1) is 5.51. The number of nitrogens with zero attached hydrogens (tertiary/aromatic N) is 1. The van der Waals surface area contributed by atoms with Crippen molar-refractivity contribution in [3.05, 3.63) is 0 Å². The van der Waals surface area contributed by atoms with Crippen molar-refractivity contribution in [1.29, 1.82) is 0 Å². The van der Waals surface area contributed by atoms with Crippen LogP contribution in [0.15, 0.2) is 0 Å². The second kappa shape index (κ2) is 4.75. The van der Waals surface area contributed by atoms with Crippen molar-refractivity contribution in [3.8, 4) is 0 Å². The van der Waals surface area contributed by atoms with E-state index in [2.05, 4.69) is 0 Å². The van der Waals surface area contributed by atoms with Crippen LogP contribution in [0.4, 0.5) is 8.78 Å². The Morgan fingerprint density at radius 2 is 1.75 bits per heavy atom. The van der Waals surface area contributed by atoms with Crippen molar-refractivity contribution in [3.63, 3.8) is 0 Å². The highest BCUT2D eigenvalue weighted by atomic mass is 19.3. The molecule has 74 valence electrons. The molecule has 0 aliphatic carbocycles. The topological polar surface area (TPSA) is 3.24 Å². The van der Waals surface area contributed by atoms with E-state index in [1.54, 1.807) is 4.90 Å². The summed E-state index contributed by atoms with van der Waals surface area (Å²) in [6.07, 6.45) is 0.0329. The quantitative estimate of drug-likeness (QED) is 0.598. The number of likely N-dealkylation sites (tertiary alicyclic amines) is 1. The molecule has 0 aromatic heterocycles. The lowest BCUT2D eigenvalue weighted by Crippen LogP contribution is -2.30. The predicted octanol–water partition coefficient (Wildman–Crippen LogP) is 2.76. The fourth-order valence-corrected chi connectivity index (χ4v) is 1.20. The van der Waals surface area contributed by atoms with Gasteiger partial charge >= 0.3 is 0 Å².